The molecule has 0 unspecified atom stereocenters. The van der Waals surface area contributed by atoms with Gasteiger partial charge in [-0.15, -0.1) is 0 Å². The van der Waals surface area contributed by atoms with Gasteiger partial charge in [-0.25, -0.2) is 0 Å². The lowest BCUT2D eigenvalue weighted by Crippen LogP contribution is -2.25. The summed E-state index contributed by atoms with van der Waals surface area (Å²) in [4.78, 5) is 10.9. The summed E-state index contributed by atoms with van der Waals surface area (Å²) in [6, 6.07) is 6.38. The van der Waals surface area contributed by atoms with Crippen LogP contribution in [0.4, 0.5) is 0 Å². The first-order valence-corrected chi connectivity index (χ1v) is 7.38. The van der Waals surface area contributed by atoms with Gasteiger partial charge in [0.05, 0.1) is 13.0 Å². The van der Waals surface area contributed by atoms with Crippen molar-refractivity contribution in [3.63, 3.8) is 0 Å². The molecule has 0 radical (unpaired) electrons. The van der Waals surface area contributed by atoms with Crippen LogP contribution < -0.4 is 10.1 Å². The number of nitrogens with one attached hydrogen (secondary N) is 1. The van der Waals surface area contributed by atoms with E-state index in [0.717, 1.165) is 23.4 Å². The van der Waals surface area contributed by atoms with Crippen LogP contribution in [0.1, 0.15) is 43.7 Å². The van der Waals surface area contributed by atoms with Crippen molar-refractivity contribution < 1.29 is 14.6 Å². The van der Waals surface area contributed by atoms with Crippen LogP contribution in [0, 0.1) is 0 Å². The highest BCUT2D eigenvalue weighted by Crippen LogP contribution is 2.21. The lowest BCUT2D eigenvalue weighted by molar-refractivity contribution is -0.136. The minimum atomic E-state index is -0.812. The number of rotatable bonds is 7. The maximum atomic E-state index is 10.9. The molecule has 0 saturated heterocycles. The molecule has 2 rings (SSSR count). The van der Waals surface area contributed by atoms with E-state index in [9.17, 15) is 4.79 Å². The normalized spacial score (nSPS) is 15.4. The molecule has 1 aromatic rings. The molecule has 1 fully saturated rings. The van der Waals surface area contributed by atoms with Gasteiger partial charge in [-0.3, -0.25) is 4.79 Å². The molecule has 1 aliphatic rings. The Labute approximate surface area is 120 Å². The number of hydrogen-bond acceptors (Lipinski definition) is 3. The van der Waals surface area contributed by atoms with Crippen LogP contribution in [-0.4, -0.2) is 23.7 Å². The largest absolute Gasteiger partial charge is 0.494 e. The Morgan fingerprint density at radius 2 is 2.00 bits per heavy atom. The van der Waals surface area contributed by atoms with Crippen LogP contribution in [0.25, 0.3) is 0 Å². The highest BCUT2D eigenvalue weighted by Gasteiger charge is 2.14. The fourth-order valence-corrected chi connectivity index (χ4v) is 2.75. The van der Waals surface area contributed by atoms with E-state index < -0.39 is 5.97 Å². The van der Waals surface area contributed by atoms with Crippen LogP contribution in [0.2, 0.25) is 0 Å². The second-order valence-electron chi connectivity index (χ2n) is 5.35. The number of carboxylic acids is 1. The van der Waals surface area contributed by atoms with Crippen LogP contribution in [0.15, 0.2) is 18.2 Å². The van der Waals surface area contributed by atoms with Gasteiger partial charge in [-0.05, 0) is 43.0 Å². The Hall–Kier alpha value is -1.55. The van der Waals surface area contributed by atoms with Crippen molar-refractivity contribution in [1.82, 2.24) is 5.32 Å². The molecule has 0 aliphatic heterocycles. The van der Waals surface area contributed by atoms with Crippen LogP contribution >= 0.6 is 0 Å². The molecule has 4 nitrogen and oxygen atoms in total. The van der Waals surface area contributed by atoms with E-state index in [1.165, 1.54) is 25.7 Å². The van der Waals surface area contributed by atoms with E-state index in [1.54, 1.807) is 0 Å². The molecule has 20 heavy (non-hydrogen) atoms. The van der Waals surface area contributed by atoms with Gasteiger partial charge in [-0.2, -0.15) is 0 Å². The topological polar surface area (TPSA) is 58.6 Å². The SMILES string of the molecule is CCOc1cc(CNC2CCCC2)cc(CC(=O)O)c1. The molecule has 0 atom stereocenters. The lowest BCUT2D eigenvalue weighted by Gasteiger charge is -2.14. The molecule has 1 saturated carbocycles. The third kappa shape index (κ3) is 4.53. The summed E-state index contributed by atoms with van der Waals surface area (Å²) in [5.74, 6) is -0.0529. The smallest absolute Gasteiger partial charge is 0.307 e. The van der Waals surface area contributed by atoms with Crippen molar-refractivity contribution in [2.75, 3.05) is 6.61 Å². The highest BCUT2D eigenvalue weighted by atomic mass is 16.5. The summed E-state index contributed by atoms with van der Waals surface area (Å²) in [5, 5.41) is 12.5. The van der Waals surface area contributed by atoms with Crippen molar-refractivity contribution >= 4 is 5.97 Å². The minimum absolute atomic E-state index is 0.0390. The summed E-state index contributed by atoms with van der Waals surface area (Å²) >= 11 is 0. The second-order valence-corrected chi connectivity index (χ2v) is 5.35. The summed E-state index contributed by atoms with van der Waals surface area (Å²) < 4.78 is 5.52. The Bertz CT molecular complexity index is 453. The van der Waals surface area contributed by atoms with E-state index in [0.29, 0.717) is 12.6 Å². The Kier molecular flexibility index (Phi) is 5.41. The Morgan fingerprint density at radius 1 is 1.30 bits per heavy atom. The van der Waals surface area contributed by atoms with Gasteiger partial charge in [0.2, 0.25) is 0 Å². The molecule has 0 aromatic heterocycles. The van der Waals surface area contributed by atoms with Gasteiger partial charge >= 0.3 is 5.97 Å². The maximum Gasteiger partial charge on any atom is 0.307 e. The van der Waals surface area contributed by atoms with E-state index in [1.807, 2.05) is 25.1 Å². The van der Waals surface area contributed by atoms with Gasteiger partial charge in [0.1, 0.15) is 5.75 Å². The zero-order valence-electron chi connectivity index (χ0n) is 12.0. The average molecular weight is 277 g/mol. The molecule has 1 aliphatic carbocycles. The third-order valence-electron chi connectivity index (χ3n) is 3.64. The molecular weight excluding hydrogens is 254 g/mol. The van der Waals surface area contributed by atoms with Gasteiger partial charge < -0.3 is 15.2 Å². The Balaban J connectivity index is 2.04. The Morgan fingerprint density at radius 3 is 2.65 bits per heavy atom. The summed E-state index contributed by atoms with van der Waals surface area (Å²) in [6.45, 7) is 3.30. The van der Waals surface area contributed by atoms with Crippen molar-refractivity contribution in [3.05, 3.63) is 29.3 Å². The monoisotopic (exact) mass is 277 g/mol. The molecule has 1 aromatic carbocycles. The summed E-state index contributed by atoms with van der Waals surface area (Å²) in [7, 11) is 0. The van der Waals surface area contributed by atoms with Crippen molar-refractivity contribution in [1.29, 1.82) is 0 Å². The van der Waals surface area contributed by atoms with E-state index in [2.05, 4.69) is 5.32 Å². The second kappa shape index (κ2) is 7.29. The fourth-order valence-electron chi connectivity index (χ4n) is 2.75. The number of hydrogen-bond donors (Lipinski definition) is 2. The van der Waals surface area contributed by atoms with E-state index in [4.69, 9.17) is 9.84 Å². The number of aliphatic carboxylic acids is 1. The predicted molar refractivity (Wildman–Crippen MR) is 78.0 cm³/mol. The highest BCUT2D eigenvalue weighted by molar-refractivity contribution is 5.70. The first-order chi connectivity index (χ1) is 9.67. The summed E-state index contributed by atoms with van der Waals surface area (Å²) in [5.41, 5.74) is 1.89. The zero-order chi connectivity index (χ0) is 14.4. The summed E-state index contributed by atoms with van der Waals surface area (Å²) in [6.07, 6.45) is 5.14. The molecule has 0 spiro atoms. The van der Waals surface area contributed by atoms with Gasteiger partial charge in [0, 0.05) is 12.6 Å². The van der Waals surface area contributed by atoms with Crippen molar-refractivity contribution in [2.24, 2.45) is 0 Å². The predicted octanol–water partition coefficient (Wildman–Crippen LogP) is 2.74. The van der Waals surface area contributed by atoms with Gasteiger partial charge in [0.15, 0.2) is 0 Å². The molecular formula is C16H23NO3. The van der Waals surface area contributed by atoms with Crippen molar-refractivity contribution in [3.8, 4) is 5.75 Å². The first-order valence-electron chi connectivity index (χ1n) is 7.38. The molecule has 2 N–H and O–H groups in total. The van der Waals surface area contributed by atoms with Crippen LogP contribution in [0.3, 0.4) is 0 Å². The molecule has 110 valence electrons. The number of carbonyl (C=O) groups is 1. The molecule has 4 heteroatoms. The standard InChI is InChI=1S/C16H23NO3/c1-2-20-15-8-12(10-16(18)19)7-13(9-15)11-17-14-5-3-4-6-14/h7-9,14,17H,2-6,10-11H2,1H3,(H,18,19). The average Bonchev–Trinajstić information content (AvgIpc) is 2.89. The number of carboxylic acid groups (broad SMARTS) is 1. The quantitative estimate of drug-likeness (QED) is 0.804. The first kappa shape index (κ1) is 14.9. The van der Waals surface area contributed by atoms with Gasteiger partial charge in [0.25, 0.3) is 0 Å². The number of ether oxygens (including phenoxy) is 1. The minimum Gasteiger partial charge on any atom is -0.494 e. The third-order valence-corrected chi connectivity index (χ3v) is 3.64. The van der Waals surface area contributed by atoms with Crippen LogP contribution in [-0.2, 0) is 17.8 Å². The molecule has 0 bridgehead atoms. The molecule has 0 heterocycles. The zero-order valence-corrected chi connectivity index (χ0v) is 12.0. The van der Waals surface area contributed by atoms with Gasteiger partial charge in [-0.1, -0.05) is 18.9 Å². The van der Waals surface area contributed by atoms with Crippen LogP contribution in [0.5, 0.6) is 5.75 Å². The van der Waals surface area contributed by atoms with E-state index >= 15 is 0 Å². The number of benzene rings is 1. The maximum absolute atomic E-state index is 10.9. The van der Waals surface area contributed by atoms with Crippen molar-refractivity contribution in [2.45, 2.75) is 51.6 Å². The molecule has 0 amide bonds. The van der Waals surface area contributed by atoms with E-state index in [-0.39, 0.29) is 6.42 Å². The fraction of sp³-hybridized carbons (Fsp3) is 0.562. The lowest BCUT2D eigenvalue weighted by atomic mass is 10.1.